The molecule has 1 saturated heterocycles. The first kappa shape index (κ1) is 15.3. The van der Waals surface area contributed by atoms with E-state index in [1.165, 1.54) is 12.8 Å². The van der Waals surface area contributed by atoms with Crippen LogP contribution in [0.25, 0.3) is 11.4 Å². The van der Waals surface area contributed by atoms with E-state index in [0.29, 0.717) is 31.5 Å². The summed E-state index contributed by atoms with van der Waals surface area (Å²) in [5.74, 6) is 1.31. The molecule has 2 heterocycles. The Morgan fingerprint density at radius 2 is 2.12 bits per heavy atom. The molecule has 2 aliphatic rings. The van der Waals surface area contributed by atoms with Crippen molar-refractivity contribution in [2.45, 2.75) is 31.8 Å². The smallest absolute Gasteiger partial charge is 0.244 e. The Bertz CT molecular complexity index is 726. The molecule has 1 saturated carbocycles. The number of amides is 1. The third-order valence-corrected chi connectivity index (χ3v) is 5.09. The van der Waals surface area contributed by atoms with Crippen LogP contribution in [0.15, 0.2) is 36.7 Å². The van der Waals surface area contributed by atoms with Gasteiger partial charge in [0.1, 0.15) is 12.9 Å². The van der Waals surface area contributed by atoms with Crippen molar-refractivity contribution in [1.82, 2.24) is 19.7 Å². The standard InChI is InChI=1S/C18H22N4O2/c1-18(15-7-8-15)12-24-10-9-22(18)16(23)11-21-13-19-17(20-21)14-5-3-2-4-6-14/h2-6,13,15H,7-12H2,1H3/t18-/m0/s1. The summed E-state index contributed by atoms with van der Waals surface area (Å²) >= 11 is 0. The number of carbonyl (C=O) groups excluding carboxylic acids is 1. The average Bonchev–Trinajstić information content (AvgIpc) is 3.37. The average molecular weight is 326 g/mol. The number of benzene rings is 1. The molecular weight excluding hydrogens is 304 g/mol. The number of nitrogens with zero attached hydrogens (tertiary/aromatic N) is 4. The lowest BCUT2D eigenvalue weighted by Gasteiger charge is -2.45. The molecule has 0 unspecified atom stereocenters. The Morgan fingerprint density at radius 1 is 1.33 bits per heavy atom. The van der Waals surface area contributed by atoms with Crippen molar-refractivity contribution in [1.29, 1.82) is 0 Å². The van der Waals surface area contributed by atoms with E-state index in [-0.39, 0.29) is 18.0 Å². The van der Waals surface area contributed by atoms with Gasteiger partial charge in [-0.2, -0.15) is 5.10 Å². The number of aromatic nitrogens is 3. The van der Waals surface area contributed by atoms with E-state index < -0.39 is 0 Å². The van der Waals surface area contributed by atoms with E-state index in [0.717, 1.165) is 5.56 Å². The van der Waals surface area contributed by atoms with Crippen LogP contribution >= 0.6 is 0 Å². The van der Waals surface area contributed by atoms with E-state index in [9.17, 15) is 4.79 Å². The molecule has 1 aromatic carbocycles. The van der Waals surface area contributed by atoms with Crippen molar-refractivity contribution in [3.63, 3.8) is 0 Å². The lowest BCUT2D eigenvalue weighted by molar-refractivity contribution is -0.150. The van der Waals surface area contributed by atoms with Gasteiger partial charge >= 0.3 is 0 Å². The summed E-state index contributed by atoms with van der Waals surface area (Å²) in [5.41, 5.74) is 0.788. The first-order chi connectivity index (χ1) is 11.7. The van der Waals surface area contributed by atoms with Gasteiger partial charge < -0.3 is 9.64 Å². The summed E-state index contributed by atoms with van der Waals surface area (Å²) in [5, 5.41) is 4.45. The van der Waals surface area contributed by atoms with Crippen LogP contribution in [-0.2, 0) is 16.1 Å². The lowest BCUT2D eigenvalue weighted by atomic mass is 9.93. The third kappa shape index (κ3) is 2.82. The van der Waals surface area contributed by atoms with Gasteiger partial charge in [0.25, 0.3) is 0 Å². The number of ether oxygens (including phenoxy) is 1. The zero-order valence-electron chi connectivity index (χ0n) is 13.9. The molecule has 6 heteroatoms. The van der Waals surface area contributed by atoms with Gasteiger partial charge in [0.15, 0.2) is 5.82 Å². The SMILES string of the molecule is C[C@@]1(C2CC2)COCCN1C(=O)Cn1cnc(-c2ccccc2)n1. The Balaban J connectivity index is 1.49. The van der Waals surface area contributed by atoms with Gasteiger partial charge in [-0.3, -0.25) is 4.79 Å². The molecule has 1 aromatic heterocycles. The highest BCUT2D eigenvalue weighted by Gasteiger charge is 2.49. The highest BCUT2D eigenvalue weighted by Crippen LogP contribution is 2.44. The number of morpholine rings is 1. The molecule has 126 valence electrons. The van der Waals surface area contributed by atoms with Gasteiger partial charge in [-0.05, 0) is 25.7 Å². The molecule has 0 spiro atoms. The van der Waals surface area contributed by atoms with E-state index in [4.69, 9.17) is 4.74 Å². The fourth-order valence-electron chi connectivity index (χ4n) is 3.54. The first-order valence-corrected chi connectivity index (χ1v) is 8.50. The van der Waals surface area contributed by atoms with Crippen LogP contribution in [-0.4, -0.2) is 50.9 Å². The second-order valence-corrected chi connectivity index (χ2v) is 6.86. The van der Waals surface area contributed by atoms with Crippen molar-refractivity contribution in [3.8, 4) is 11.4 Å². The van der Waals surface area contributed by atoms with E-state index in [1.807, 2.05) is 35.2 Å². The minimum absolute atomic E-state index is 0.0946. The van der Waals surface area contributed by atoms with Gasteiger partial charge in [0, 0.05) is 12.1 Å². The quantitative estimate of drug-likeness (QED) is 0.862. The Hall–Kier alpha value is -2.21. The maximum absolute atomic E-state index is 12.8. The van der Waals surface area contributed by atoms with Crippen molar-refractivity contribution in [2.75, 3.05) is 19.8 Å². The molecule has 6 nitrogen and oxygen atoms in total. The molecule has 0 N–H and O–H groups in total. The first-order valence-electron chi connectivity index (χ1n) is 8.50. The number of carbonyl (C=O) groups is 1. The molecule has 1 atom stereocenters. The second-order valence-electron chi connectivity index (χ2n) is 6.86. The van der Waals surface area contributed by atoms with Crippen LogP contribution in [0.2, 0.25) is 0 Å². The Labute approximate surface area is 141 Å². The molecule has 24 heavy (non-hydrogen) atoms. The van der Waals surface area contributed by atoms with Crippen LogP contribution < -0.4 is 0 Å². The maximum atomic E-state index is 12.8. The molecule has 0 bridgehead atoms. The molecule has 2 fully saturated rings. The Kier molecular flexibility index (Phi) is 3.84. The van der Waals surface area contributed by atoms with E-state index >= 15 is 0 Å². The number of hydrogen-bond acceptors (Lipinski definition) is 4. The Morgan fingerprint density at radius 3 is 2.88 bits per heavy atom. The molecule has 0 radical (unpaired) electrons. The van der Waals surface area contributed by atoms with Crippen molar-refractivity contribution < 1.29 is 9.53 Å². The van der Waals surface area contributed by atoms with Crippen LogP contribution in [0.4, 0.5) is 0 Å². The molecule has 4 rings (SSSR count). The summed E-state index contributed by atoms with van der Waals surface area (Å²) in [7, 11) is 0. The minimum Gasteiger partial charge on any atom is -0.377 e. The minimum atomic E-state index is -0.168. The lowest BCUT2D eigenvalue weighted by Crippen LogP contribution is -2.59. The van der Waals surface area contributed by atoms with Gasteiger partial charge in [-0.1, -0.05) is 30.3 Å². The number of rotatable bonds is 4. The highest BCUT2D eigenvalue weighted by molar-refractivity contribution is 5.77. The normalized spacial score (nSPS) is 24.1. The third-order valence-electron chi connectivity index (χ3n) is 5.09. The molecular formula is C18H22N4O2. The van der Waals surface area contributed by atoms with Crippen LogP contribution in [0, 0.1) is 5.92 Å². The number of hydrogen-bond donors (Lipinski definition) is 0. The zero-order chi connectivity index (χ0) is 16.6. The van der Waals surface area contributed by atoms with Crippen LogP contribution in [0.1, 0.15) is 19.8 Å². The fraction of sp³-hybridized carbons (Fsp3) is 0.500. The van der Waals surface area contributed by atoms with Crippen molar-refractivity contribution in [3.05, 3.63) is 36.7 Å². The highest BCUT2D eigenvalue weighted by atomic mass is 16.5. The zero-order valence-corrected chi connectivity index (χ0v) is 13.9. The summed E-state index contributed by atoms with van der Waals surface area (Å²) < 4.78 is 7.28. The summed E-state index contributed by atoms with van der Waals surface area (Å²) in [6, 6.07) is 9.80. The summed E-state index contributed by atoms with van der Waals surface area (Å²) in [6.07, 6.45) is 4.01. The predicted octanol–water partition coefficient (Wildman–Crippen LogP) is 1.97. The molecule has 1 aliphatic heterocycles. The fourth-order valence-corrected chi connectivity index (χ4v) is 3.54. The largest absolute Gasteiger partial charge is 0.377 e. The summed E-state index contributed by atoms with van der Waals surface area (Å²) in [6.45, 7) is 4.28. The van der Waals surface area contributed by atoms with E-state index in [2.05, 4.69) is 17.0 Å². The van der Waals surface area contributed by atoms with Crippen molar-refractivity contribution >= 4 is 5.91 Å². The van der Waals surface area contributed by atoms with Crippen molar-refractivity contribution in [2.24, 2.45) is 5.92 Å². The van der Waals surface area contributed by atoms with Gasteiger partial charge in [0.2, 0.25) is 5.91 Å². The molecule has 1 amide bonds. The second kappa shape index (κ2) is 6.02. The molecule has 1 aliphatic carbocycles. The van der Waals surface area contributed by atoms with Crippen LogP contribution in [0.5, 0.6) is 0 Å². The van der Waals surface area contributed by atoms with E-state index in [1.54, 1.807) is 11.0 Å². The topological polar surface area (TPSA) is 60.2 Å². The maximum Gasteiger partial charge on any atom is 0.244 e. The van der Waals surface area contributed by atoms with Gasteiger partial charge in [0.05, 0.1) is 18.8 Å². The predicted molar refractivity (Wildman–Crippen MR) is 89.1 cm³/mol. The summed E-state index contributed by atoms with van der Waals surface area (Å²) in [4.78, 5) is 19.2. The van der Waals surface area contributed by atoms with Crippen LogP contribution in [0.3, 0.4) is 0 Å². The monoisotopic (exact) mass is 326 g/mol. The molecule has 2 aromatic rings. The van der Waals surface area contributed by atoms with Gasteiger partial charge in [-0.15, -0.1) is 0 Å². The van der Waals surface area contributed by atoms with Gasteiger partial charge in [-0.25, -0.2) is 9.67 Å².